The Labute approximate surface area is 167 Å². The van der Waals surface area contributed by atoms with Crippen molar-refractivity contribution in [2.45, 2.75) is 0 Å². The number of halogens is 1. The summed E-state index contributed by atoms with van der Waals surface area (Å²) in [4.78, 5) is 32.8. The first kappa shape index (κ1) is 19.7. The second kappa shape index (κ2) is 8.31. The molecule has 1 aromatic heterocycles. The summed E-state index contributed by atoms with van der Waals surface area (Å²) in [6.45, 7) is 0. The van der Waals surface area contributed by atoms with Gasteiger partial charge in [0.2, 0.25) is 0 Å². The maximum absolute atomic E-state index is 12.1. The summed E-state index contributed by atoms with van der Waals surface area (Å²) in [6.07, 6.45) is 1.19. The molecule has 10 nitrogen and oxygen atoms in total. The van der Waals surface area contributed by atoms with E-state index in [-0.39, 0.29) is 27.7 Å². The Morgan fingerprint density at radius 1 is 1.03 bits per heavy atom. The molecule has 146 valence electrons. The highest BCUT2D eigenvalue weighted by Crippen LogP contribution is 2.31. The quantitative estimate of drug-likeness (QED) is 0.364. The third kappa shape index (κ3) is 4.45. The monoisotopic (exact) mass is 414 g/mol. The first-order valence-electron chi connectivity index (χ1n) is 7.98. The summed E-state index contributed by atoms with van der Waals surface area (Å²) < 4.78 is 5.52. The zero-order valence-corrected chi connectivity index (χ0v) is 15.2. The number of nitrogens with one attached hydrogen (secondary N) is 1. The molecule has 11 heteroatoms. The lowest BCUT2D eigenvalue weighted by molar-refractivity contribution is -0.385. The first-order valence-corrected chi connectivity index (χ1v) is 8.35. The van der Waals surface area contributed by atoms with E-state index < -0.39 is 15.8 Å². The summed E-state index contributed by atoms with van der Waals surface area (Å²) in [5, 5.41) is 25.7. The van der Waals surface area contributed by atoms with Crippen LogP contribution < -0.4 is 5.43 Å². The standard InChI is InChI=1S/C18H11ClN4O6/c19-14-7-5-11(9-16(14)23(27)28)17-8-6-12(29-17)10-20-21-18(24)13-3-1-2-4-15(13)22(25)26/h1-10H,(H,21,24)/b20-10-. The van der Waals surface area contributed by atoms with E-state index in [4.69, 9.17) is 16.0 Å². The molecular weight excluding hydrogens is 404 g/mol. The number of benzene rings is 2. The van der Waals surface area contributed by atoms with Crippen molar-refractivity contribution in [3.63, 3.8) is 0 Å². The number of amides is 1. The predicted octanol–water partition coefficient (Wildman–Crippen LogP) is 4.18. The van der Waals surface area contributed by atoms with Crippen LogP contribution >= 0.6 is 11.6 Å². The Balaban J connectivity index is 1.73. The van der Waals surface area contributed by atoms with Crippen LogP contribution in [0.5, 0.6) is 0 Å². The van der Waals surface area contributed by atoms with Crippen LogP contribution in [0, 0.1) is 20.2 Å². The molecule has 3 rings (SSSR count). The fourth-order valence-corrected chi connectivity index (χ4v) is 2.61. The van der Waals surface area contributed by atoms with Crippen LogP contribution in [0.15, 0.2) is 64.1 Å². The van der Waals surface area contributed by atoms with Crippen LogP contribution in [0.1, 0.15) is 16.1 Å². The van der Waals surface area contributed by atoms with Crippen LogP contribution in [0.2, 0.25) is 5.02 Å². The maximum Gasteiger partial charge on any atom is 0.288 e. The van der Waals surface area contributed by atoms with E-state index in [1.807, 2.05) is 0 Å². The molecule has 0 bridgehead atoms. The average Bonchev–Trinajstić information content (AvgIpc) is 3.17. The number of furan rings is 1. The van der Waals surface area contributed by atoms with Gasteiger partial charge in [0, 0.05) is 17.7 Å². The number of hydrogen-bond acceptors (Lipinski definition) is 7. The topological polar surface area (TPSA) is 141 Å². The molecule has 0 aliphatic rings. The molecule has 1 N–H and O–H groups in total. The highest BCUT2D eigenvalue weighted by molar-refractivity contribution is 6.32. The van der Waals surface area contributed by atoms with Gasteiger partial charge in [0.15, 0.2) is 0 Å². The third-order valence-electron chi connectivity index (χ3n) is 3.76. The van der Waals surface area contributed by atoms with Crippen LogP contribution in [0.3, 0.4) is 0 Å². The van der Waals surface area contributed by atoms with Crippen molar-refractivity contribution in [2.24, 2.45) is 5.10 Å². The van der Waals surface area contributed by atoms with Crippen LogP contribution in [0.25, 0.3) is 11.3 Å². The largest absolute Gasteiger partial charge is 0.455 e. The van der Waals surface area contributed by atoms with Crippen molar-refractivity contribution < 1.29 is 19.1 Å². The molecule has 0 fully saturated rings. The Kier molecular flexibility index (Phi) is 5.65. The highest BCUT2D eigenvalue weighted by Gasteiger charge is 2.18. The van der Waals surface area contributed by atoms with E-state index in [1.54, 1.807) is 12.1 Å². The number of carbonyl (C=O) groups excluding carboxylic acids is 1. The van der Waals surface area contributed by atoms with Crippen molar-refractivity contribution in [3.8, 4) is 11.3 Å². The van der Waals surface area contributed by atoms with E-state index in [9.17, 15) is 25.0 Å². The van der Waals surface area contributed by atoms with Gasteiger partial charge in [0.05, 0.1) is 16.1 Å². The summed E-state index contributed by atoms with van der Waals surface area (Å²) in [6, 6.07) is 12.8. The lowest BCUT2D eigenvalue weighted by Gasteiger charge is -2.00. The van der Waals surface area contributed by atoms with Gasteiger partial charge in [0.1, 0.15) is 22.1 Å². The molecule has 3 aromatic rings. The zero-order valence-electron chi connectivity index (χ0n) is 14.4. The molecule has 0 atom stereocenters. The third-order valence-corrected chi connectivity index (χ3v) is 4.08. The van der Waals surface area contributed by atoms with Crippen LogP contribution in [-0.4, -0.2) is 22.0 Å². The van der Waals surface area contributed by atoms with E-state index in [2.05, 4.69) is 10.5 Å². The molecular formula is C18H11ClN4O6. The number of para-hydroxylation sites is 1. The molecule has 0 spiro atoms. The van der Waals surface area contributed by atoms with E-state index >= 15 is 0 Å². The molecule has 0 radical (unpaired) electrons. The van der Waals surface area contributed by atoms with Gasteiger partial charge in [-0.25, -0.2) is 5.43 Å². The van der Waals surface area contributed by atoms with E-state index in [0.29, 0.717) is 11.3 Å². The molecule has 0 aliphatic carbocycles. The van der Waals surface area contributed by atoms with Gasteiger partial charge in [-0.3, -0.25) is 25.0 Å². The number of rotatable bonds is 6. The molecule has 0 saturated heterocycles. The minimum Gasteiger partial charge on any atom is -0.455 e. The average molecular weight is 415 g/mol. The van der Waals surface area contributed by atoms with Gasteiger partial charge in [0.25, 0.3) is 17.3 Å². The number of carbonyl (C=O) groups is 1. The molecule has 0 saturated carbocycles. The number of hydrogen-bond donors (Lipinski definition) is 1. The smallest absolute Gasteiger partial charge is 0.288 e. The second-order valence-electron chi connectivity index (χ2n) is 5.60. The van der Waals surface area contributed by atoms with Crippen molar-refractivity contribution in [3.05, 3.63) is 91.2 Å². The van der Waals surface area contributed by atoms with Crippen molar-refractivity contribution in [1.29, 1.82) is 0 Å². The lowest BCUT2D eigenvalue weighted by Crippen LogP contribution is -2.18. The lowest BCUT2D eigenvalue weighted by atomic mass is 10.1. The van der Waals surface area contributed by atoms with Crippen LogP contribution in [-0.2, 0) is 0 Å². The zero-order chi connectivity index (χ0) is 21.0. The minimum atomic E-state index is -0.756. The predicted molar refractivity (Wildman–Crippen MR) is 104 cm³/mol. The van der Waals surface area contributed by atoms with Gasteiger partial charge in [-0.05, 0) is 30.3 Å². The van der Waals surface area contributed by atoms with Gasteiger partial charge in [-0.2, -0.15) is 5.10 Å². The number of hydrazone groups is 1. The molecule has 1 heterocycles. The summed E-state index contributed by atoms with van der Waals surface area (Å²) in [5.74, 6) is -0.176. The fourth-order valence-electron chi connectivity index (χ4n) is 2.42. The molecule has 0 aliphatic heterocycles. The molecule has 2 aromatic carbocycles. The highest BCUT2D eigenvalue weighted by atomic mass is 35.5. The first-order chi connectivity index (χ1) is 13.9. The Morgan fingerprint density at radius 2 is 1.76 bits per heavy atom. The molecule has 0 unspecified atom stereocenters. The number of nitro groups is 2. The van der Waals surface area contributed by atoms with Crippen LogP contribution in [0.4, 0.5) is 11.4 Å². The van der Waals surface area contributed by atoms with Gasteiger partial charge in [-0.15, -0.1) is 0 Å². The molecule has 1 amide bonds. The number of nitrogens with zero attached hydrogens (tertiary/aromatic N) is 3. The number of nitro benzene ring substituents is 2. The van der Waals surface area contributed by atoms with Crippen molar-refractivity contribution in [1.82, 2.24) is 5.43 Å². The summed E-state index contributed by atoms with van der Waals surface area (Å²) >= 11 is 5.79. The Hall–Kier alpha value is -4.05. The maximum atomic E-state index is 12.1. The van der Waals surface area contributed by atoms with Gasteiger partial charge < -0.3 is 4.42 Å². The fraction of sp³-hybridized carbons (Fsp3) is 0. The minimum absolute atomic E-state index is 0.00445. The second-order valence-corrected chi connectivity index (χ2v) is 6.01. The van der Waals surface area contributed by atoms with Crippen molar-refractivity contribution in [2.75, 3.05) is 0 Å². The summed E-state index contributed by atoms with van der Waals surface area (Å²) in [5.41, 5.74) is 1.88. The Bertz CT molecular complexity index is 1140. The van der Waals surface area contributed by atoms with E-state index in [1.165, 1.54) is 48.7 Å². The SMILES string of the molecule is O=C(N/N=C\c1ccc(-c2ccc(Cl)c([N+](=O)[O-])c2)o1)c1ccccc1[N+](=O)[O-]. The van der Waals surface area contributed by atoms with E-state index in [0.717, 1.165) is 0 Å². The van der Waals surface area contributed by atoms with Gasteiger partial charge in [-0.1, -0.05) is 23.7 Å². The van der Waals surface area contributed by atoms with Crippen molar-refractivity contribution >= 4 is 35.1 Å². The Morgan fingerprint density at radius 3 is 2.48 bits per heavy atom. The normalized spacial score (nSPS) is 10.8. The summed E-state index contributed by atoms with van der Waals surface area (Å²) in [7, 11) is 0. The van der Waals surface area contributed by atoms with Gasteiger partial charge >= 0.3 is 0 Å². The molecule has 29 heavy (non-hydrogen) atoms.